The van der Waals surface area contributed by atoms with E-state index in [-0.39, 0.29) is 5.91 Å². The molecule has 1 aromatic carbocycles. The summed E-state index contributed by atoms with van der Waals surface area (Å²) in [6, 6.07) is 7.16. The normalized spacial score (nSPS) is 10.2. The van der Waals surface area contributed by atoms with Crippen molar-refractivity contribution in [3.8, 4) is 5.75 Å². The number of hydrogen-bond acceptors (Lipinski definition) is 4. The Bertz CT molecular complexity index is 567. The number of amides is 1. The van der Waals surface area contributed by atoms with Crippen LogP contribution in [0.1, 0.15) is 22.8 Å². The molecule has 0 aliphatic rings. The SMILES string of the molecule is CCOc1ccc(C(=O)NCCc2ccsc2)cc1N. The molecule has 1 amide bonds. The van der Waals surface area contributed by atoms with Gasteiger partial charge >= 0.3 is 0 Å². The van der Waals surface area contributed by atoms with Crippen LogP contribution in [-0.4, -0.2) is 19.1 Å². The third-order valence-electron chi connectivity index (χ3n) is 2.85. The number of nitrogen functional groups attached to an aromatic ring is 1. The summed E-state index contributed by atoms with van der Waals surface area (Å²) < 4.78 is 5.35. The second-order valence-electron chi connectivity index (χ2n) is 4.32. The van der Waals surface area contributed by atoms with Crippen LogP contribution >= 0.6 is 11.3 Å². The summed E-state index contributed by atoms with van der Waals surface area (Å²) in [7, 11) is 0. The van der Waals surface area contributed by atoms with Crippen molar-refractivity contribution in [1.82, 2.24) is 5.32 Å². The maximum absolute atomic E-state index is 12.0. The standard InChI is InChI=1S/C15H18N2O2S/c1-2-19-14-4-3-12(9-13(14)16)15(18)17-7-5-11-6-8-20-10-11/h3-4,6,8-10H,2,5,7,16H2,1H3,(H,17,18). The number of carbonyl (C=O) groups excluding carboxylic acids is 1. The quantitative estimate of drug-likeness (QED) is 0.804. The monoisotopic (exact) mass is 290 g/mol. The number of carbonyl (C=O) groups is 1. The topological polar surface area (TPSA) is 64.3 Å². The van der Waals surface area contributed by atoms with Gasteiger partial charge in [-0.3, -0.25) is 4.79 Å². The summed E-state index contributed by atoms with van der Waals surface area (Å²) in [5.74, 6) is 0.498. The van der Waals surface area contributed by atoms with Gasteiger partial charge in [0.25, 0.3) is 5.91 Å². The average Bonchev–Trinajstić information content (AvgIpc) is 2.94. The Labute approximate surface area is 122 Å². The summed E-state index contributed by atoms with van der Waals surface area (Å²) in [4.78, 5) is 12.0. The first-order valence-electron chi connectivity index (χ1n) is 6.52. The molecule has 0 spiro atoms. The second kappa shape index (κ2) is 6.96. The minimum absolute atomic E-state index is 0.116. The van der Waals surface area contributed by atoms with Gasteiger partial charge in [0.05, 0.1) is 12.3 Å². The summed E-state index contributed by atoms with van der Waals surface area (Å²) in [5, 5.41) is 7.00. The van der Waals surface area contributed by atoms with Crippen LogP contribution in [0.2, 0.25) is 0 Å². The molecule has 2 rings (SSSR count). The lowest BCUT2D eigenvalue weighted by Gasteiger charge is -2.09. The van der Waals surface area contributed by atoms with Crippen molar-refractivity contribution in [2.45, 2.75) is 13.3 Å². The van der Waals surface area contributed by atoms with Crippen molar-refractivity contribution < 1.29 is 9.53 Å². The third-order valence-corrected chi connectivity index (χ3v) is 3.58. The zero-order valence-electron chi connectivity index (χ0n) is 11.4. The number of thiophene rings is 1. The van der Waals surface area contributed by atoms with E-state index in [1.165, 1.54) is 5.56 Å². The van der Waals surface area contributed by atoms with Gasteiger partial charge in [0.1, 0.15) is 5.75 Å². The molecule has 5 heteroatoms. The predicted molar refractivity (Wildman–Crippen MR) is 82.4 cm³/mol. The van der Waals surface area contributed by atoms with Gasteiger partial charge in [-0.05, 0) is 53.9 Å². The number of ether oxygens (including phenoxy) is 1. The van der Waals surface area contributed by atoms with E-state index < -0.39 is 0 Å². The Hall–Kier alpha value is -2.01. The molecule has 0 aliphatic carbocycles. The molecule has 0 aliphatic heterocycles. The number of benzene rings is 1. The van der Waals surface area contributed by atoms with E-state index in [1.807, 2.05) is 12.3 Å². The van der Waals surface area contributed by atoms with E-state index in [9.17, 15) is 4.79 Å². The maximum atomic E-state index is 12.0. The van der Waals surface area contributed by atoms with E-state index >= 15 is 0 Å². The zero-order chi connectivity index (χ0) is 14.4. The van der Waals surface area contributed by atoms with Gasteiger partial charge in [0.15, 0.2) is 0 Å². The van der Waals surface area contributed by atoms with E-state index in [1.54, 1.807) is 29.5 Å². The van der Waals surface area contributed by atoms with Crippen molar-refractivity contribution in [2.24, 2.45) is 0 Å². The molecule has 0 unspecified atom stereocenters. The molecule has 2 aromatic rings. The van der Waals surface area contributed by atoms with Crippen molar-refractivity contribution in [2.75, 3.05) is 18.9 Å². The first-order chi connectivity index (χ1) is 9.70. The van der Waals surface area contributed by atoms with Crippen LogP contribution < -0.4 is 15.8 Å². The molecule has 0 atom stereocenters. The molecule has 0 saturated carbocycles. The number of nitrogens with one attached hydrogen (secondary N) is 1. The number of nitrogens with two attached hydrogens (primary N) is 1. The largest absolute Gasteiger partial charge is 0.492 e. The van der Waals surface area contributed by atoms with E-state index in [2.05, 4.69) is 16.8 Å². The third kappa shape index (κ3) is 3.74. The van der Waals surface area contributed by atoms with Crippen molar-refractivity contribution in [3.05, 3.63) is 46.2 Å². The molecule has 106 valence electrons. The lowest BCUT2D eigenvalue weighted by molar-refractivity contribution is 0.0954. The van der Waals surface area contributed by atoms with Crippen LogP contribution in [-0.2, 0) is 6.42 Å². The van der Waals surface area contributed by atoms with Crippen LogP contribution in [0.4, 0.5) is 5.69 Å². The average molecular weight is 290 g/mol. The fraction of sp³-hybridized carbons (Fsp3) is 0.267. The van der Waals surface area contributed by atoms with Crippen molar-refractivity contribution in [1.29, 1.82) is 0 Å². The van der Waals surface area contributed by atoms with Crippen LogP contribution in [0.25, 0.3) is 0 Å². The molecular formula is C15H18N2O2S. The first-order valence-corrected chi connectivity index (χ1v) is 7.46. The van der Waals surface area contributed by atoms with Crippen LogP contribution in [0.15, 0.2) is 35.0 Å². The Kier molecular flexibility index (Phi) is 5.01. The lowest BCUT2D eigenvalue weighted by Crippen LogP contribution is -2.25. The van der Waals surface area contributed by atoms with Crippen LogP contribution in [0.3, 0.4) is 0 Å². The van der Waals surface area contributed by atoms with Crippen LogP contribution in [0, 0.1) is 0 Å². The number of hydrogen-bond donors (Lipinski definition) is 2. The lowest BCUT2D eigenvalue weighted by atomic mass is 10.1. The van der Waals surface area contributed by atoms with E-state index in [0.717, 1.165) is 6.42 Å². The minimum atomic E-state index is -0.116. The summed E-state index contributed by atoms with van der Waals surface area (Å²) >= 11 is 1.66. The maximum Gasteiger partial charge on any atom is 0.251 e. The van der Waals surface area contributed by atoms with Gasteiger partial charge in [0.2, 0.25) is 0 Å². The van der Waals surface area contributed by atoms with Gasteiger partial charge in [-0.2, -0.15) is 11.3 Å². The Morgan fingerprint density at radius 2 is 2.25 bits per heavy atom. The highest BCUT2D eigenvalue weighted by Crippen LogP contribution is 2.22. The van der Waals surface area contributed by atoms with Crippen molar-refractivity contribution in [3.63, 3.8) is 0 Å². The Morgan fingerprint density at radius 1 is 1.40 bits per heavy atom. The Morgan fingerprint density at radius 3 is 2.90 bits per heavy atom. The Balaban J connectivity index is 1.90. The van der Waals surface area contributed by atoms with Gasteiger partial charge < -0.3 is 15.8 Å². The molecule has 4 nitrogen and oxygen atoms in total. The van der Waals surface area contributed by atoms with Gasteiger partial charge in [-0.1, -0.05) is 0 Å². The summed E-state index contributed by atoms with van der Waals surface area (Å²) in [5.41, 5.74) is 8.12. The van der Waals surface area contributed by atoms with Crippen LogP contribution in [0.5, 0.6) is 5.75 Å². The zero-order valence-corrected chi connectivity index (χ0v) is 12.2. The number of rotatable bonds is 6. The minimum Gasteiger partial charge on any atom is -0.492 e. The molecule has 3 N–H and O–H groups in total. The summed E-state index contributed by atoms with van der Waals surface area (Å²) in [6.45, 7) is 3.06. The predicted octanol–water partition coefficient (Wildman–Crippen LogP) is 2.70. The van der Waals surface area contributed by atoms with E-state index in [0.29, 0.717) is 30.2 Å². The van der Waals surface area contributed by atoms with Gasteiger partial charge in [-0.15, -0.1) is 0 Å². The fourth-order valence-electron chi connectivity index (χ4n) is 1.83. The highest BCUT2D eigenvalue weighted by molar-refractivity contribution is 7.07. The highest BCUT2D eigenvalue weighted by atomic mass is 32.1. The van der Waals surface area contributed by atoms with Gasteiger partial charge in [0, 0.05) is 12.1 Å². The highest BCUT2D eigenvalue weighted by Gasteiger charge is 2.08. The molecule has 0 fully saturated rings. The molecule has 1 aromatic heterocycles. The first kappa shape index (κ1) is 14.4. The molecule has 0 bridgehead atoms. The molecule has 1 heterocycles. The van der Waals surface area contributed by atoms with Crippen molar-refractivity contribution >= 4 is 22.9 Å². The fourth-order valence-corrected chi connectivity index (χ4v) is 2.54. The van der Waals surface area contributed by atoms with E-state index in [4.69, 9.17) is 10.5 Å². The molecule has 0 radical (unpaired) electrons. The second-order valence-corrected chi connectivity index (χ2v) is 5.10. The van der Waals surface area contributed by atoms with Gasteiger partial charge in [-0.25, -0.2) is 0 Å². The number of anilines is 1. The molecule has 0 saturated heterocycles. The summed E-state index contributed by atoms with van der Waals surface area (Å²) in [6.07, 6.45) is 0.835. The molecular weight excluding hydrogens is 272 g/mol. The smallest absolute Gasteiger partial charge is 0.251 e. The molecule has 20 heavy (non-hydrogen) atoms.